The number of nitrogens with zero attached hydrogens (tertiary/aromatic N) is 2. The van der Waals surface area contributed by atoms with Crippen LogP contribution in [0.5, 0.6) is 0 Å². The molecule has 0 aliphatic carbocycles. The average molecular weight is 479 g/mol. The van der Waals surface area contributed by atoms with Gasteiger partial charge < -0.3 is 24.4 Å². The standard InChI is InChI=1S/C26H42N2O6/c1-6-10-11-15-27(14-7-2)24(31)22-26-13-12-19(34-26)20(25(32)33-9-4)21(26)23(30)28(22)18(16-29)17(5)8-3/h7,17-22,29H,2,6,8-16H2,1,3-5H3/t17-,18-,19+,20-,21-,22+,26-/m0/s1. The topological polar surface area (TPSA) is 96.4 Å². The van der Waals surface area contributed by atoms with Crippen LogP contribution in [0.3, 0.4) is 0 Å². The van der Waals surface area contributed by atoms with E-state index in [2.05, 4.69) is 13.5 Å². The molecule has 0 aromatic carbocycles. The van der Waals surface area contributed by atoms with Crippen molar-refractivity contribution in [2.24, 2.45) is 17.8 Å². The molecule has 3 saturated heterocycles. The van der Waals surface area contributed by atoms with Crippen molar-refractivity contribution in [3.63, 3.8) is 0 Å². The van der Waals surface area contributed by atoms with Crippen molar-refractivity contribution in [3.05, 3.63) is 12.7 Å². The van der Waals surface area contributed by atoms with Gasteiger partial charge in [-0.25, -0.2) is 0 Å². The largest absolute Gasteiger partial charge is 0.466 e. The minimum Gasteiger partial charge on any atom is -0.466 e. The fraction of sp³-hybridized carbons (Fsp3) is 0.808. The Labute approximate surface area is 203 Å². The van der Waals surface area contributed by atoms with Crippen LogP contribution in [-0.2, 0) is 23.9 Å². The Morgan fingerprint density at radius 2 is 2.09 bits per heavy atom. The number of unbranched alkanes of at least 4 members (excludes halogenated alkanes) is 2. The number of hydrogen-bond acceptors (Lipinski definition) is 6. The van der Waals surface area contributed by atoms with Gasteiger partial charge in [0.15, 0.2) is 0 Å². The number of carbonyl (C=O) groups is 3. The number of esters is 1. The maximum atomic E-state index is 14.2. The maximum absolute atomic E-state index is 14.2. The van der Waals surface area contributed by atoms with E-state index in [0.29, 0.717) is 25.9 Å². The summed E-state index contributed by atoms with van der Waals surface area (Å²) in [5.41, 5.74) is -1.07. The van der Waals surface area contributed by atoms with E-state index in [1.807, 2.05) is 13.8 Å². The fourth-order valence-corrected chi connectivity index (χ4v) is 6.22. The Hall–Kier alpha value is -1.93. The lowest BCUT2D eigenvalue weighted by atomic mass is 9.70. The average Bonchev–Trinajstić information content (AvgIpc) is 3.46. The number of likely N-dealkylation sites (tertiary alicyclic amines) is 1. The van der Waals surface area contributed by atoms with E-state index >= 15 is 0 Å². The third-order valence-corrected chi connectivity index (χ3v) is 8.07. The number of rotatable bonds is 13. The molecule has 3 aliphatic heterocycles. The van der Waals surface area contributed by atoms with Gasteiger partial charge in [-0.2, -0.15) is 0 Å². The molecule has 8 heteroatoms. The van der Waals surface area contributed by atoms with Gasteiger partial charge in [-0.1, -0.05) is 46.1 Å². The monoisotopic (exact) mass is 478 g/mol. The smallest absolute Gasteiger partial charge is 0.312 e. The molecule has 3 rings (SSSR count). The molecule has 34 heavy (non-hydrogen) atoms. The summed E-state index contributed by atoms with van der Waals surface area (Å²) in [5, 5.41) is 10.3. The van der Waals surface area contributed by atoms with Crippen LogP contribution in [0.2, 0.25) is 0 Å². The van der Waals surface area contributed by atoms with Crippen molar-refractivity contribution >= 4 is 17.8 Å². The third-order valence-electron chi connectivity index (χ3n) is 8.07. The van der Waals surface area contributed by atoms with Crippen LogP contribution >= 0.6 is 0 Å². The molecule has 2 amide bonds. The van der Waals surface area contributed by atoms with Crippen molar-refractivity contribution in [2.45, 2.75) is 90.0 Å². The molecule has 0 radical (unpaired) electrons. The van der Waals surface area contributed by atoms with Crippen LogP contribution in [0.4, 0.5) is 0 Å². The molecule has 0 aromatic rings. The molecule has 2 bridgehead atoms. The van der Waals surface area contributed by atoms with Crippen molar-refractivity contribution in [3.8, 4) is 0 Å². The molecule has 3 fully saturated rings. The Morgan fingerprint density at radius 3 is 2.68 bits per heavy atom. The molecular weight excluding hydrogens is 436 g/mol. The van der Waals surface area contributed by atoms with Crippen LogP contribution in [0.25, 0.3) is 0 Å². The number of aliphatic hydroxyl groups excluding tert-OH is 1. The fourth-order valence-electron chi connectivity index (χ4n) is 6.22. The number of aliphatic hydroxyl groups is 1. The summed E-state index contributed by atoms with van der Waals surface area (Å²) in [4.78, 5) is 44.4. The van der Waals surface area contributed by atoms with Gasteiger partial charge >= 0.3 is 5.97 Å². The zero-order chi connectivity index (χ0) is 25.0. The first-order chi connectivity index (χ1) is 16.3. The number of carbonyl (C=O) groups excluding carboxylic acids is 3. The molecule has 1 spiro atoms. The van der Waals surface area contributed by atoms with Gasteiger partial charge in [0.1, 0.15) is 11.6 Å². The highest BCUT2D eigenvalue weighted by Gasteiger charge is 2.75. The van der Waals surface area contributed by atoms with Crippen molar-refractivity contribution in [1.29, 1.82) is 0 Å². The Balaban J connectivity index is 2.06. The van der Waals surface area contributed by atoms with Crippen LogP contribution < -0.4 is 0 Å². The Morgan fingerprint density at radius 1 is 1.35 bits per heavy atom. The van der Waals surface area contributed by atoms with Crippen LogP contribution in [0, 0.1) is 17.8 Å². The molecule has 3 heterocycles. The van der Waals surface area contributed by atoms with E-state index in [1.54, 1.807) is 22.8 Å². The first kappa shape index (κ1) is 26.7. The highest BCUT2D eigenvalue weighted by atomic mass is 16.6. The van der Waals surface area contributed by atoms with Gasteiger partial charge in [0.25, 0.3) is 0 Å². The molecule has 3 aliphatic rings. The maximum Gasteiger partial charge on any atom is 0.312 e. The second kappa shape index (κ2) is 11.2. The number of ether oxygens (including phenoxy) is 2. The lowest BCUT2D eigenvalue weighted by molar-refractivity contribution is -0.157. The van der Waals surface area contributed by atoms with Gasteiger partial charge in [0.05, 0.1) is 37.2 Å². The van der Waals surface area contributed by atoms with E-state index in [0.717, 1.165) is 25.7 Å². The highest BCUT2D eigenvalue weighted by Crippen LogP contribution is 2.59. The zero-order valence-corrected chi connectivity index (χ0v) is 21.2. The molecule has 0 aromatic heterocycles. The second-order valence-corrected chi connectivity index (χ2v) is 9.97. The molecular formula is C26H42N2O6. The number of fused-ring (bicyclic) bond motifs is 1. The summed E-state index contributed by atoms with van der Waals surface area (Å²) >= 11 is 0. The van der Waals surface area contributed by atoms with E-state index in [-0.39, 0.29) is 30.9 Å². The Kier molecular flexibility index (Phi) is 8.79. The van der Waals surface area contributed by atoms with Gasteiger partial charge in [-0.15, -0.1) is 6.58 Å². The van der Waals surface area contributed by atoms with Crippen LogP contribution in [0.1, 0.15) is 66.2 Å². The predicted molar refractivity (Wildman–Crippen MR) is 128 cm³/mol. The normalized spacial score (nSPS) is 31.3. The van der Waals surface area contributed by atoms with Crippen LogP contribution in [0.15, 0.2) is 12.7 Å². The van der Waals surface area contributed by atoms with Crippen molar-refractivity contribution in [2.75, 3.05) is 26.3 Å². The summed E-state index contributed by atoms with van der Waals surface area (Å²) < 4.78 is 11.8. The molecule has 0 saturated carbocycles. The highest BCUT2D eigenvalue weighted by molar-refractivity contribution is 5.98. The second-order valence-electron chi connectivity index (χ2n) is 9.97. The van der Waals surface area contributed by atoms with Crippen molar-refractivity contribution < 1.29 is 29.0 Å². The van der Waals surface area contributed by atoms with Gasteiger partial charge in [0, 0.05) is 13.1 Å². The van der Waals surface area contributed by atoms with E-state index in [1.165, 1.54) is 0 Å². The van der Waals surface area contributed by atoms with Gasteiger partial charge in [0.2, 0.25) is 11.8 Å². The number of hydrogen-bond donors (Lipinski definition) is 1. The summed E-state index contributed by atoms with van der Waals surface area (Å²) in [6.07, 6.45) is 6.05. The third kappa shape index (κ3) is 4.39. The lowest BCUT2D eigenvalue weighted by Gasteiger charge is -2.41. The molecule has 192 valence electrons. The number of amides is 2. The minimum atomic E-state index is -1.07. The summed E-state index contributed by atoms with van der Waals surface area (Å²) in [7, 11) is 0. The Bertz CT molecular complexity index is 772. The van der Waals surface area contributed by atoms with Gasteiger partial charge in [-0.3, -0.25) is 14.4 Å². The summed E-state index contributed by atoms with van der Waals surface area (Å²) in [5.74, 6) is -2.39. The van der Waals surface area contributed by atoms with E-state index in [9.17, 15) is 19.5 Å². The first-order valence-corrected chi connectivity index (χ1v) is 13.0. The molecule has 0 unspecified atom stereocenters. The summed E-state index contributed by atoms with van der Waals surface area (Å²) in [6.45, 7) is 12.6. The first-order valence-electron chi connectivity index (χ1n) is 13.0. The lowest BCUT2D eigenvalue weighted by Crippen LogP contribution is -2.59. The predicted octanol–water partition coefficient (Wildman–Crippen LogP) is 2.54. The van der Waals surface area contributed by atoms with Crippen LogP contribution in [-0.4, -0.2) is 82.8 Å². The summed E-state index contributed by atoms with van der Waals surface area (Å²) in [6, 6.07) is -1.40. The zero-order valence-electron chi connectivity index (χ0n) is 21.2. The molecule has 7 atom stereocenters. The quantitative estimate of drug-likeness (QED) is 0.248. The molecule has 1 N–H and O–H groups in total. The van der Waals surface area contributed by atoms with Crippen molar-refractivity contribution in [1.82, 2.24) is 9.80 Å². The van der Waals surface area contributed by atoms with Gasteiger partial charge in [-0.05, 0) is 32.1 Å². The van der Waals surface area contributed by atoms with E-state index in [4.69, 9.17) is 9.47 Å². The minimum absolute atomic E-state index is 0.0225. The molecule has 8 nitrogen and oxygen atoms in total. The van der Waals surface area contributed by atoms with E-state index < -0.39 is 41.6 Å². The SMILES string of the molecule is C=CCN(CCCCC)C(=O)[C@H]1N([C@@H](CO)[C@@H](C)CC)C(=O)[C@@H]2[C@@H](C(=O)OCC)[C@H]3CC[C@]21O3.